The fraction of sp³-hybridized carbons (Fsp3) is 0.562. The molecule has 2 rings (SSSR count). The smallest absolute Gasteiger partial charge is 0.271 e. The van der Waals surface area contributed by atoms with Crippen LogP contribution in [-0.2, 0) is 0 Å². The Balaban J connectivity index is 1.95. The monoisotopic (exact) mass is 289 g/mol. The molecule has 1 aromatic rings. The van der Waals surface area contributed by atoms with Gasteiger partial charge in [-0.2, -0.15) is 0 Å². The highest BCUT2D eigenvalue weighted by Gasteiger charge is 2.17. The fourth-order valence-electron chi connectivity index (χ4n) is 2.63. The van der Waals surface area contributed by atoms with Crippen LogP contribution in [0.2, 0.25) is 0 Å². The first kappa shape index (κ1) is 15.5. The molecule has 0 aromatic carbocycles. The number of aromatic nitrogens is 1. The number of hydrogen-bond donors (Lipinski definition) is 1. The lowest BCUT2D eigenvalue weighted by atomic mass is 9.89. The lowest BCUT2D eigenvalue weighted by Gasteiger charge is -2.21. The molecule has 1 fully saturated rings. The van der Waals surface area contributed by atoms with E-state index in [-0.39, 0.29) is 11.8 Å². The first-order chi connectivity index (χ1) is 10.1. The van der Waals surface area contributed by atoms with Gasteiger partial charge < -0.3 is 10.2 Å². The molecule has 0 saturated heterocycles. The summed E-state index contributed by atoms with van der Waals surface area (Å²) in [5.41, 5.74) is 0.601. The first-order valence-corrected chi connectivity index (χ1v) is 7.55. The molecule has 0 atom stereocenters. The van der Waals surface area contributed by atoms with Crippen LogP contribution in [-0.4, -0.2) is 42.3 Å². The number of nitrogens with one attached hydrogen (secondary N) is 1. The zero-order valence-electron chi connectivity index (χ0n) is 12.8. The van der Waals surface area contributed by atoms with E-state index in [0.717, 1.165) is 0 Å². The topological polar surface area (TPSA) is 62.3 Å². The number of nitrogens with zero attached hydrogens (tertiary/aromatic N) is 2. The highest BCUT2D eigenvalue weighted by atomic mass is 16.2. The van der Waals surface area contributed by atoms with Crippen molar-refractivity contribution < 1.29 is 9.59 Å². The Morgan fingerprint density at radius 3 is 2.52 bits per heavy atom. The summed E-state index contributed by atoms with van der Waals surface area (Å²) in [6.45, 7) is 0.701. The van der Waals surface area contributed by atoms with Gasteiger partial charge in [0.25, 0.3) is 11.8 Å². The second-order valence-corrected chi connectivity index (χ2v) is 5.82. The van der Waals surface area contributed by atoms with Gasteiger partial charge in [0.1, 0.15) is 11.4 Å². The molecule has 5 nitrogen and oxygen atoms in total. The second kappa shape index (κ2) is 7.20. The van der Waals surface area contributed by atoms with Crippen LogP contribution in [0.25, 0.3) is 0 Å². The molecule has 1 heterocycles. The van der Waals surface area contributed by atoms with Crippen molar-refractivity contribution in [1.29, 1.82) is 0 Å². The van der Waals surface area contributed by atoms with E-state index in [9.17, 15) is 9.59 Å². The third-order valence-electron chi connectivity index (χ3n) is 3.88. The van der Waals surface area contributed by atoms with E-state index >= 15 is 0 Å². The minimum Gasteiger partial charge on any atom is -0.350 e. The predicted octanol–water partition coefficient (Wildman–Crippen LogP) is 2.09. The van der Waals surface area contributed by atoms with Gasteiger partial charge in [-0.05, 0) is 30.9 Å². The van der Waals surface area contributed by atoms with Gasteiger partial charge in [0, 0.05) is 20.6 Å². The van der Waals surface area contributed by atoms with Crippen LogP contribution in [0.3, 0.4) is 0 Å². The van der Waals surface area contributed by atoms with Gasteiger partial charge in [-0.25, -0.2) is 4.98 Å². The van der Waals surface area contributed by atoms with E-state index in [2.05, 4.69) is 10.3 Å². The molecule has 1 aliphatic rings. The van der Waals surface area contributed by atoms with Crippen molar-refractivity contribution >= 4 is 11.8 Å². The molecule has 2 amide bonds. The van der Waals surface area contributed by atoms with Crippen LogP contribution in [0, 0.1) is 5.92 Å². The summed E-state index contributed by atoms with van der Waals surface area (Å²) in [6, 6.07) is 4.96. The van der Waals surface area contributed by atoms with E-state index in [1.165, 1.54) is 37.0 Å². The van der Waals surface area contributed by atoms with Gasteiger partial charge in [-0.3, -0.25) is 9.59 Å². The summed E-state index contributed by atoms with van der Waals surface area (Å²) in [5.74, 6) is 0.181. The number of carbonyl (C=O) groups excluding carboxylic acids is 2. The van der Waals surface area contributed by atoms with Crippen molar-refractivity contribution in [2.45, 2.75) is 32.1 Å². The zero-order chi connectivity index (χ0) is 15.2. The largest absolute Gasteiger partial charge is 0.350 e. The lowest BCUT2D eigenvalue weighted by Crippen LogP contribution is -2.31. The Kier molecular flexibility index (Phi) is 5.31. The molecule has 0 aliphatic heterocycles. The molecule has 0 spiro atoms. The van der Waals surface area contributed by atoms with Gasteiger partial charge in [0.05, 0.1) is 0 Å². The first-order valence-electron chi connectivity index (χ1n) is 7.55. The molecule has 5 heteroatoms. The van der Waals surface area contributed by atoms with Crippen LogP contribution in [0.15, 0.2) is 18.2 Å². The quantitative estimate of drug-likeness (QED) is 0.923. The molecule has 0 radical (unpaired) electrons. The highest BCUT2D eigenvalue weighted by Crippen LogP contribution is 2.22. The molecular weight excluding hydrogens is 266 g/mol. The maximum absolute atomic E-state index is 12.1. The Morgan fingerprint density at radius 2 is 1.86 bits per heavy atom. The highest BCUT2D eigenvalue weighted by molar-refractivity contribution is 5.96. The van der Waals surface area contributed by atoms with Crippen LogP contribution in [0.4, 0.5) is 0 Å². The predicted molar refractivity (Wildman–Crippen MR) is 81.2 cm³/mol. The van der Waals surface area contributed by atoms with Gasteiger partial charge >= 0.3 is 0 Å². The van der Waals surface area contributed by atoms with Crippen molar-refractivity contribution in [3.63, 3.8) is 0 Å². The SMILES string of the molecule is CN(C)C(=O)c1cccc(C(=O)NCC2CCCCC2)n1. The summed E-state index contributed by atoms with van der Waals surface area (Å²) in [7, 11) is 3.33. The van der Waals surface area contributed by atoms with Gasteiger partial charge in [0.15, 0.2) is 0 Å². The van der Waals surface area contributed by atoms with Gasteiger partial charge in [-0.15, -0.1) is 0 Å². The Bertz CT molecular complexity index is 508. The van der Waals surface area contributed by atoms with E-state index in [1.54, 1.807) is 32.3 Å². The van der Waals surface area contributed by atoms with Crippen molar-refractivity contribution in [2.75, 3.05) is 20.6 Å². The molecule has 1 saturated carbocycles. The minimum atomic E-state index is -0.200. The molecule has 0 unspecified atom stereocenters. The molecule has 1 aromatic heterocycles. The Hall–Kier alpha value is -1.91. The molecule has 114 valence electrons. The second-order valence-electron chi connectivity index (χ2n) is 5.82. The van der Waals surface area contributed by atoms with E-state index < -0.39 is 0 Å². The minimum absolute atomic E-state index is 0.197. The number of hydrogen-bond acceptors (Lipinski definition) is 3. The molecule has 1 aliphatic carbocycles. The van der Waals surface area contributed by atoms with Crippen molar-refractivity contribution in [1.82, 2.24) is 15.2 Å². The van der Waals surface area contributed by atoms with E-state index in [0.29, 0.717) is 23.9 Å². The Labute approximate surface area is 125 Å². The maximum atomic E-state index is 12.1. The number of amides is 2. The third-order valence-corrected chi connectivity index (χ3v) is 3.88. The molecular formula is C16H23N3O2. The van der Waals surface area contributed by atoms with Crippen molar-refractivity contribution in [2.24, 2.45) is 5.92 Å². The number of carbonyl (C=O) groups is 2. The van der Waals surface area contributed by atoms with Crippen LogP contribution in [0.5, 0.6) is 0 Å². The molecule has 0 bridgehead atoms. The average molecular weight is 289 g/mol. The van der Waals surface area contributed by atoms with E-state index in [1.807, 2.05) is 0 Å². The van der Waals surface area contributed by atoms with Crippen molar-refractivity contribution in [3.8, 4) is 0 Å². The van der Waals surface area contributed by atoms with Gasteiger partial charge in [0.2, 0.25) is 0 Å². The lowest BCUT2D eigenvalue weighted by molar-refractivity contribution is 0.0821. The number of rotatable bonds is 4. The van der Waals surface area contributed by atoms with Crippen molar-refractivity contribution in [3.05, 3.63) is 29.6 Å². The van der Waals surface area contributed by atoms with Crippen LogP contribution in [0.1, 0.15) is 53.1 Å². The normalized spacial score (nSPS) is 15.5. The standard InChI is InChI=1S/C16H23N3O2/c1-19(2)16(21)14-10-6-9-13(18-14)15(20)17-11-12-7-4-3-5-8-12/h6,9-10,12H,3-5,7-8,11H2,1-2H3,(H,17,20). The third kappa shape index (κ3) is 4.28. The summed E-state index contributed by atoms with van der Waals surface area (Å²) in [6.07, 6.45) is 6.19. The fourth-order valence-corrected chi connectivity index (χ4v) is 2.63. The molecule has 1 N–H and O–H groups in total. The summed E-state index contributed by atoms with van der Waals surface area (Å²) in [4.78, 5) is 29.6. The summed E-state index contributed by atoms with van der Waals surface area (Å²) in [5, 5.41) is 2.94. The zero-order valence-corrected chi connectivity index (χ0v) is 12.8. The average Bonchev–Trinajstić information content (AvgIpc) is 2.53. The maximum Gasteiger partial charge on any atom is 0.271 e. The number of pyridine rings is 1. The Morgan fingerprint density at radius 1 is 1.19 bits per heavy atom. The summed E-state index contributed by atoms with van der Waals surface area (Å²) < 4.78 is 0. The van der Waals surface area contributed by atoms with Gasteiger partial charge in [-0.1, -0.05) is 25.3 Å². The van der Waals surface area contributed by atoms with Crippen LogP contribution >= 0.6 is 0 Å². The van der Waals surface area contributed by atoms with Crippen LogP contribution < -0.4 is 5.32 Å². The summed E-state index contributed by atoms with van der Waals surface area (Å²) >= 11 is 0. The van der Waals surface area contributed by atoms with E-state index in [4.69, 9.17) is 0 Å². The molecule has 21 heavy (non-hydrogen) atoms.